The molecule has 1 aromatic carbocycles. The van der Waals surface area contributed by atoms with E-state index in [1.54, 1.807) is 42.6 Å². The lowest BCUT2D eigenvalue weighted by Gasteiger charge is -2.08. The van der Waals surface area contributed by atoms with Crippen LogP contribution in [0.2, 0.25) is 10.0 Å². The number of hydrogen-bond acceptors (Lipinski definition) is 3. The second-order valence-corrected chi connectivity index (χ2v) is 5.07. The number of halogens is 2. The van der Waals surface area contributed by atoms with Crippen molar-refractivity contribution in [2.75, 3.05) is 5.32 Å². The number of hydrogen-bond donors (Lipinski definition) is 3. The van der Waals surface area contributed by atoms with E-state index in [-0.39, 0.29) is 10.9 Å². The van der Waals surface area contributed by atoms with Crippen molar-refractivity contribution in [2.45, 2.75) is 0 Å². The molecule has 0 unspecified atom stereocenters. The summed E-state index contributed by atoms with van der Waals surface area (Å²) in [5.41, 5.74) is 2.93. The van der Waals surface area contributed by atoms with Gasteiger partial charge >= 0.3 is 0 Å². The van der Waals surface area contributed by atoms with Crippen molar-refractivity contribution in [3.05, 3.63) is 58.3 Å². The molecule has 0 amide bonds. The van der Waals surface area contributed by atoms with Crippen LogP contribution in [-0.4, -0.2) is 21.1 Å². The molecule has 0 bridgehead atoms. The van der Waals surface area contributed by atoms with Crippen LogP contribution in [-0.2, 0) is 0 Å². The molecule has 3 N–H and O–H groups in total. The Morgan fingerprint density at radius 2 is 2.05 bits per heavy atom. The van der Waals surface area contributed by atoms with Crippen molar-refractivity contribution >= 4 is 52.1 Å². The van der Waals surface area contributed by atoms with Crippen LogP contribution in [0.1, 0.15) is 5.69 Å². The second kappa shape index (κ2) is 7.33. The molecule has 0 aliphatic rings. The highest BCUT2D eigenvalue weighted by atomic mass is 35.5. The smallest absolute Gasteiger partial charge is 0.199 e. The summed E-state index contributed by atoms with van der Waals surface area (Å²) in [5, 5.41) is 13.0. The normalized spacial score (nSPS) is 11.1. The molecule has 0 saturated heterocycles. The zero-order chi connectivity index (χ0) is 15.2. The molecule has 0 spiro atoms. The molecule has 0 saturated carbocycles. The highest BCUT2D eigenvalue weighted by molar-refractivity contribution is 7.80. The number of aromatic nitrogens is 1. The molecule has 0 atom stereocenters. The topological polar surface area (TPSA) is 69.5 Å². The standard InChI is InChI=1S/C13H10Cl2N4OS/c14-8-4-5-9(15)11(7-8)17-13(21)18-12(19-20)10-3-1-2-6-16-10/h1-7,20H,(H2,17,18,19,21). The first-order chi connectivity index (χ1) is 10.1. The quantitative estimate of drug-likeness (QED) is 0.338. The number of nitrogens with one attached hydrogen (secondary N) is 2. The molecule has 8 heteroatoms. The SMILES string of the molecule is ONC(=NC(=S)Nc1cc(Cl)ccc1Cl)c1ccccn1. The summed E-state index contributed by atoms with van der Waals surface area (Å²) >= 11 is 17.0. The maximum Gasteiger partial charge on any atom is 0.199 e. The summed E-state index contributed by atoms with van der Waals surface area (Å²) < 4.78 is 0. The third-order valence-electron chi connectivity index (χ3n) is 2.40. The molecule has 21 heavy (non-hydrogen) atoms. The molecular formula is C13H10Cl2N4OS. The number of aliphatic imine (C=N–C) groups is 1. The zero-order valence-electron chi connectivity index (χ0n) is 10.5. The fraction of sp³-hybridized carbons (Fsp3) is 0. The van der Waals surface area contributed by atoms with Crippen molar-refractivity contribution in [3.63, 3.8) is 0 Å². The molecule has 1 aromatic heterocycles. The molecule has 0 fully saturated rings. The lowest BCUT2D eigenvalue weighted by atomic mass is 10.3. The fourth-order valence-corrected chi connectivity index (χ4v) is 2.02. The van der Waals surface area contributed by atoms with E-state index in [2.05, 4.69) is 15.3 Å². The van der Waals surface area contributed by atoms with Crippen LogP contribution in [0.25, 0.3) is 0 Å². The fourth-order valence-electron chi connectivity index (χ4n) is 1.48. The monoisotopic (exact) mass is 340 g/mol. The van der Waals surface area contributed by atoms with Gasteiger partial charge in [0.2, 0.25) is 0 Å². The Balaban J connectivity index is 2.20. The van der Waals surface area contributed by atoms with E-state index in [1.165, 1.54) is 0 Å². The molecular weight excluding hydrogens is 331 g/mol. The van der Waals surface area contributed by atoms with Gasteiger partial charge in [0.25, 0.3) is 0 Å². The minimum absolute atomic E-state index is 0.0985. The van der Waals surface area contributed by atoms with Gasteiger partial charge < -0.3 is 5.32 Å². The molecule has 108 valence electrons. The second-order valence-electron chi connectivity index (χ2n) is 3.84. The number of nitrogens with zero attached hydrogens (tertiary/aromatic N) is 2. The Hall–Kier alpha value is -1.73. The van der Waals surface area contributed by atoms with Crippen LogP contribution in [0.3, 0.4) is 0 Å². The van der Waals surface area contributed by atoms with Gasteiger partial charge in [-0.25, -0.2) is 0 Å². The van der Waals surface area contributed by atoms with Crippen LogP contribution in [0.4, 0.5) is 5.69 Å². The molecule has 1 heterocycles. The van der Waals surface area contributed by atoms with Crippen LogP contribution in [0.15, 0.2) is 47.6 Å². The number of hydroxylamine groups is 1. The minimum atomic E-state index is 0.0985. The number of rotatable bonds is 2. The van der Waals surface area contributed by atoms with E-state index in [9.17, 15) is 0 Å². The number of pyridine rings is 1. The Morgan fingerprint density at radius 1 is 1.24 bits per heavy atom. The first-order valence-corrected chi connectivity index (χ1v) is 6.93. The number of benzene rings is 1. The van der Waals surface area contributed by atoms with Gasteiger partial charge in [0, 0.05) is 11.2 Å². The van der Waals surface area contributed by atoms with Gasteiger partial charge in [-0.3, -0.25) is 15.7 Å². The van der Waals surface area contributed by atoms with Crippen LogP contribution >= 0.6 is 35.4 Å². The van der Waals surface area contributed by atoms with Gasteiger partial charge in [0.05, 0.1) is 10.7 Å². The Kier molecular flexibility index (Phi) is 5.46. The van der Waals surface area contributed by atoms with Gasteiger partial charge in [-0.1, -0.05) is 29.3 Å². The van der Waals surface area contributed by atoms with Crippen LogP contribution in [0.5, 0.6) is 0 Å². The molecule has 2 aromatic rings. The van der Waals surface area contributed by atoms with E-state index < -0.39 is 0 Å². The van der Waals surface area contributed by atoms with Crippen LogP contribution in [0, 0.1) is 0 Å². The van der Waals surface area contributed by atoms with E-state index >= 15 is 0 Å². The maximum atomic E-state index is 9.14. The van der Waals surface area contributed by atoms with Crippen molar-refractivity contribution in [1.82, 2.24) is 10.5 Å². The summed E-state index contributed by atoms with van der Waals surface area (Å²) in [7, 11) is 0. The van der Waals surface area contributed by atoms with Crippen molar-refractivity contribution in [3.8, 4) is 0 Å². The first kappa shape index (κ1) is 15.7. The van der Waals surface area contributed by atoms with E-state index in [4.69, 9.17) is 40.6 Å². The number of amidine groups is 1. The Bertz CT molecular complexity index is 679. The molecule has 0 radical (unpaired) electrons. The summed E-state index contributed by atoms with van der Waals surface area (Å²) in [5.74, 6) is 0.117. The third-order valence-corrected chi connectivity index (χ3v) is 3.15. The lowest BCUT2D eigenvalue weighted by molar-refractivity contribution is 0.235. The maximum absolute atomic E-state index is 9.14. The van der Waals surface area contributed by atoms with Gasteiger partial charge in [-0.15, -0.1) is 0 Å². The van der Waals surface area contributed by atoms with Gasteiger partial charge in [0.15, 0.2) is 10.9 Å². The predicted octanol–water partition coefficient (Wildman–Crippen LogP) is 3.51. The highest BCUT2D eigenvalue weighted by Gasteiger charge is 2.07. The zero-order valence-corrected chi connectivity index (χ0v) is 12.9. The molecule has 0 aliphatic carbocycles. The minimum Gasteiger partial charge on any atom is -0.330 e. The van der Waals surface area contributed by atoms with Gasteiger partial charge in [-0.05, 0) is 42.5 Å². The summed E-state index contributed by atoms with van der Waals surface area (Å²) in [6.45, 7) is 0. The average molecular weight is 341 g/mol. The number of thiocarbonyl (C=S) groups is 1. The molecule has 0 aliphatic heterocycles. The van der Waals surface area contributed by atoms with E-state index in [0.717, 1.165) is 0 Å². The van der Waals surface area contributed by atoms with E-state index in [0.29, 0.717) is 21.4 Å². The summed E-state index contributed by atoms with van der Waals surface area (Å²) in [4.78, 5) is 8.10. The van der Waals surface area contributed by atoms with E-state index in [1.807, 2.05) is 5.48 Å². The average Bonchev–Trinajstić information content (AvgIpc) is 2.49. The molecule has 2 rings (SSSR count). The van der Waals surface area contributed by atoms with Crippen LogP contribution < -0.4 is 10.8 Å². The first-order valence-electron chi connectivity index (χ1n) is 5.76. The molecule has 5 nitrogen and oxygen atoms in total. The lowest BCUT2D eigenvalue weighted by Crippen LogP contribution is -2.24. The highest BCUT2D eigenvalue weighted by Crippen LogP contribution is 2.25. The Labute approximate surface area is 136 Å². The van der Waals surface area contributed by atoms with Crippen molar-refractivity contribution in [2.24, 2.45) is 4.99 Å². The largest absolute Gasteiger partial charge is 0.330 e. The van der Waals surface area contributed by atoms with Crippen molar-refractivity contribution < 1.29 is 5.21 Å². The van der Waals surface area contributed by atoms with Crippen molar-refractivity contribution in [1.29, 1.82) is 0 Å². The summed E-state index contributed by atoms with van der Waals surface area (Å²) in [6.07, 6.45) is 1.58. The van der Waals surface area contributed by atoms with Gasteiger partial charge in [0.1, 0.15) is 5.69 Å². The third kappa shape index (κ3) is 4.37. The predicted molar refractivity (Wildman–Crippen MR) is 88.4 cm³/mol. The van der Waals surface area contributed by atoms with Gasteiger partial charge in [-0.2, -0.15) is 4.99 Å². The Morgan fingerprint density at radius 3 is 2.71 bits per heavy atom. The summed E-state index contributed by atoms with van der Waals surface area (Å²) in [6, 6.07) is 10.1. The number of anilines is 1.